The molecule has 4 rings (SSSR count). The summed E-state index contributed by atoms with van der Waals surface area (Å²) in [5.41, 5.74) is 2.04. The highest BCUT2D eigenvalue weighted by atomic mass is 32.2. The zero-order chi connectivity index (χ0) is 20.2. The minimum Gasteiger partial charge on any atom is -0.461 e. The van der Waals surface area contributed by atoms with Crippen molar-refractivity contribution in [2.75, 3.05) is 11.6 Å². The van der Waals surface area contributed by atoms with Crippen molar-refractivity contribution in [2.24, 2.45) is 0 Å². The van der Waals surface area contributed by atoms with E-state index in [2.05, 4.69) is 25.4 Å². The quantitative estimate of drug-likeness (QED) is 0.385. The van der Waals surface area contributed by atoms with Crippen LogP contribution in [-0.4, -0.2) is 36.9 Å². The van der Waals surface area contributed by atoms with E-state index in [0.717, 1.165) is 5.56 Å². The van der Waals surface area contributed by atoms with Gasteiger partial charge in [-0.15, -0.1) is 16.9 Å². The average molecular weight is 406 g/mol. The predicted octanol–water partition coefficient (Wildman–Crippen LogP) is 3.66. The highest BCUT2D eigenvalue weighted by Gasteiger charge is 2.21. The van der Waals surface area contributed by atoms with Crippen molar-refractivity contribution in [2.45, 2.75) is 18.5 Å². The number of benzene rings is 1. The minimum atomic E-state index is -0.352. The standard InChI is InChI=1S/C20H18N6O2S/c1-13-16(19(29-2)23-17(22-13)15-9-6-10-28-15)18(27)24-20-21-12-26(25-20)11-14-7-4-3-5-8-14/h3-10,12H,11H2,1-2H3,(H,24,25,27). The Morgan fingerprint density at radius 1 is 1.17 bits per heavy atom. The van der Waals surface area contributed by atoms with Gasteiger partial charge in [-0.3, -0.25) is 10.1 Å². The molecule has 8 nitrogen and oxygen atoms in total. The summed E-state index contributed by atoms with van der Waals surface area (Å²) in [5, 5.41) is 7.62. The molecule has 1 amide bonds. The summed E-state index contributed by atoms with van der Waals surface area (Å²) < 4.78 is 7.03. The molecule has 0 aliphatic carbocycles. The van der Waals surface area contributed by atoms with Crippen LogP contribution in [0.2, 0.25) is 0 Å². The summed E-state index contributed by atoms with van der Waals surface area (Å²) in [7, 11) is 0. The first-order valence-electron chi connectivity index (χ1n) is 8.85. The number of amides is 1. The zero-order valence-electron chi connectivity index (χ0n) is 15.9. The molecule has 0 aliphatic heterocycles. The van der Waals surface area contributed by atoms with Gasteiger partial charge in [-0.25, -0.2) is 19.6 Å². The van der Waals surface area contributed by atoms with Gasteiger partial charge >= 0.3 is 0 Å². The second-order valence-electron chi connectivity index (χ2n) is 6.20. The Balaban J connectivity index is 1.54. The molecule has 3 aromatic heterocycles. The van der Waals surface area contributed by atoms with E-state index in [0.29, 0.717) is 34.4 Å². The molecule has 1 aromatic carbocycles. The van der Waals surface area contributed by atoms with Crippen LogP contribution in [0.15, 0.2) is 64.5 Å². The maximum Gasteiger partial charge on any atom is 0.262 e. The van der Waals surface area contributed by atoms with E-state index in [-0.39, 0.29) is 11.9 Å². The van der Waals surface area contributed by atoms with E-state index in [9.17, 15) is 4.79 Å². The number of hydrogen-bond acceptors (Lipinski definition) is 7. The van der Waals surface area contributed by atoms with Crippen LogP contribution in [0.4, 0.5) is 5.95 Å². The topological polar surface area (TPSA) is 98.7 Å². The number of furan rings is 1. The lowest BCUT2D eigenvalue weighted by atomic mass is 10.2. The van der Waals surface area contributed by atoms with Crippen molar-refractivity contribution >= 4 is 23.6 Å². The maximum atomic E-state index is 12.9. The number of aromatic nitrogens is 5. The van der Waals surface area contributed by atoms with E-state index in [1.165, 1.54) is 11.8 Å². The number of thioether (sulfide) groups is 1. The second kappa shape index (κ2) is 8.27. The van der Waals surface area contributed by atoms with Crippen LogP contribution < -0.4 is 5.32 Å². The van der Waals surface area contributed by atoms with Crippen LogP contribution in [0.5, 0.6) is 0 Å². The molecule has 1 N–H and O–H groups in total. The van der Waals surface area contributed by atoms with Crippen molar-refractivity contribution in [3.63, 3.8) is 0 Å². The van der Waals surface area contributed by atoms with Gasteiger partial charge in [-0.1, -0.05) is 30.3 Å². The maximum absolute atomic E-state index is 12.9. The van der Waals surface area contributed by atoms with Crippen molar-refractivity contribution < 1.29 is 9.21 Å². The molecule has 0 spiro atoms. The van der Waals surface area contributed by atoms with Crippen molar-refractivity contribution in [1.29, 1.82) is 0 Å². The van der Waals surface area contributed by atoms with E-state index in [1.807, 2.05) is 36.6 Å². The van der Waals surface area contributed by atoms with E-state index < -0.39 is 0 Å². The molecule has 9 heteroatoms. The van der Waals surface area contributed by atoms with Gasteiger partial charge < -0.3 is 4.42 Å². The van der Waals surface area contributed by atoms with Gasteiger partial charge in [-0.2, -0.15) is 0 Å². The van der Waals surface area contributed by atoms with Gasteiger partial charge in [0, 0.05) is 0 Å². The molecule has 0 aliphatic rings. The molecule has 0 atom stereocenters. The lowest BCUT2D eigenvalue weighted by Crippen LogP contribution is -2.18. The molecule has 0 unspecified atom stereocenters. The van der Waals surface area contributed by atoms with Crippen molar-refractivity contribution in [3.8, 4) is 11.6 Å². The summed E-state index contributed by atoms with van der Waals surface area (Å²) in [4.78, 5) is 25.9. The molecular formula is C20H18N6O2S. The molecule has 4 aromatic rings. The fraction of sp³-hybridized carbons (Fsp3) is 0.150. The van der Waals surface area contributed by atoms with Gasteiger partial charge in [0.25, 0.3) is 5.91 Å². The smallest absolute Gasteiger partial charge is 0.262 e. The molecule has 0 fully saturated rings. The second-order valence-corrected chi connectivity index (χ2v) is 6.99. The molecule has 0 saturated carbocycles. The average Bonchev–Trinajstić information content (AvgIpc) is 3.40. The molecule has 3 heterocycles. The van der Waals surface area contributed by atoms with Crippen LogP contribution in [0.25, 0.3) is 11.6 Å². The molecule has 146 valence electrons. The van der Waals surface area contributed by atoms with E-state index >= 15 is 0 Å². The molecule has 0 bridgehead atoms. The highest BCUT2D eigenvalue weighted by Crippen LogP contribution is 2.25. The predicted molar refractivity (Wildman–Crippen MR) is 110 cm³/mol. The highest BCUT2D eigenvalue weighted by molar-refractivity contribution is 7.98. The van der Waals surface area contributed by atoms with Gasteiger partial charge in [-0.05, 0) is 30.9 Å². The molecule has 0 radical (unpaired) electrons. The number of rotatable bonds is 6. The van der Waals surface area contributed by atoms with Crippen LogP contribution in [0.3, 0.4) is 0 Å². The summed E-state index contributed by atoms with van der Waals surface area (Å²) in [6.07, 6.45) is 5.00. The Labute approximate surface area is 171 Å². The fourth-order valence-corrected chi connectivity index (χ4v) is 3.46. The first kappa shape index (κ1) is 18.9. The monoisotopic (exact) mass is 406 g/mol. The van der Waals surface area contributed by atoms with E-state index in [4.69, 9.17) is 4.42 Å². The molecular weight excluding hydrogens is 388 g/mol. The minimum absolute atomic E-state index is 0.229. The summed E-state index contributed by atoms with van der Waals surface area (Å²) in [6.45, 7) is 2.34. The zero-order valence-corrected chi connectivity index (χ0v) is 16.7. The molecule has 0 saturated heterocycles. The molecule has 29 heavy (non-hydrogen) atoms. The fourth-order valence-electron chi connectivity index (χ4n) is 2.83. The third-order valence-electron chi connectivity index (χ3n) is 4.17. The Morgan fingerprint density at radius 3 is 2.72 bits per heavy atom. The number of carbonyl (C=O) groups is 1. The number of carbonyl (C=O) groups excluding carboxylic acids is 1. The van der Waals surface area contributed by atoms with Crippen molar-refractivity contribution in [1.82, 2.24) is 24.7 Å². The number of hydrogen-bond donors (Lipinski definition) is 1. The number of aryl methyl sites for hydroxylation is 1. The Bertz CT molecular complexity index is 1130. The van der Waals surface area contributed by atoms with Crippen LogP contribution in [0, 0.1) is 6.92 Å². The van der Waals surface area contributed by atoms with Gasteiger partial charge in [0.1, 0.15) is 11.4 Å². The lowest BCUT2D eigenvalue weighted by molar-refractivity contribution is 0.102. The van der Waals surface area contributed by atoms with Gasteiger partial charge in [0.2, 0.25) is 5.95 Å². The third-order valence-corrected chi connectivity index (χ3v) is 4.85. The van der Waals surface area contributed by atoms with Gasteiger partial charge in [0.05, 0.1) is 24.1 Å². The first-order chi connectivity index (χ1) is 14.1. The van der Waals surface area contributed by atoms with Gasteiger partial charge in [0.15, 0.2) is 11.6 Å². The Hall–Kier alpha value is -3.46. The lowest BCUT2D eigenvalue weighted by Gasteiger charge is -2.10. The van der Waals surface area contributed by atoms with Crippen LogP contribution in [-0.2, 0) is 6.54 Å². The number of nitrogens with one attached hydrogen (secondary N) is 1. The third kappa shape index (κ3) is 4.19. The number of nitrogens with zero attached hydrogens (tertiary/aromatic N) is 5. The van der Waals surface area contributed by atoms with E-state index in [1.54, 1.807) is 36.3 Å². The number of anilines is 1. The Kier molecular flexibility index (Phi) is 5.39. The first-order valence-corrected chi connectivity index (χ1v) is 10.1. The summed E-state index contributed by atoms with van der Waals surface area (Å²) in [5.74, 6) is 0.873. The SMILES string of the molecule is CSc1nc(-c2ccco2)nc(C)c1C(=O)Nc1ncn(Cc2ccccc2)n1. The normalized spacial score (nSPS) is 10.8. The largest absolute Gasteiger partial charge is 0.461 e. The summed E-state index contributed by atoms with van der Waals surface area (Å²) >= 11 is 1.37. The van der Waals surface area contributed by atoms with Crippen molar-refractivity contribution in [3.05, 3.63) is 71.9 Å². The summed E-state index contributed by atoms with van der Waals surface area (Å²) in [6, 6.07) is 13.5. The Morgan fingerprint density at radius 2 is 2.00 bits per heavy atom. The van der Waals surface area contributed by atoms with Crippen LogP contribution >= 0.6 is 11.8 Å². The van der Waals surface area contributed by atoms with Crippen LogP contribution in [0.1, 0.15) is 21.6 Å².